The molecule has 3 rings (SSSR count). The lowest BCUT2D eigenvalue weighted by Crippen LogP contribution is -2.35. The Morgan fingerprint density at radius 1 is 1.06 bits per heavy atom. The predicted molar refractivity (Wildman–Crippen MR) is 66.8 cm³/mol. The molecular formula is C13H22N4. The van der Waals surface area contributed by atoms with Gasteiger partial charge in [-0.2, -0.15) is 0 Å². The summed E-state index contributed by atoms with van der Waals surface area (Å²) < 4.78 is 2.38. The third-order valence-electron chi connectivity index (χ3n) is 4.54. The van der Waals surface area contributed by atoms with Gasteiger partial charge in [0.15, 0.2) is 0 Å². The van der Waals surface area contributed by atoms with Gasteiger partial charge in [-0.25, -0.2) is 0 Å². The number of rotatable bonds is 2. The Morgan fingerprint density at radius 3 is 2.65 bits per heavy atom. The molecule has 0 unspecified atom stereocenters. The van der Waals surface area contributed by atoms with E-state index in [1.54, 1.807) is 0 Å². The van der Waals surface area contributed by atoms with E-state index in [1.807, 2.05) is 0 Å². The third kappa shape index (κ3) is 1.79. The summed E-state index contributed by atoms with van der Waals surface area (Å²) in [6.07, 6.45) is 9.90. The molecule has 0 aromatic carbocycles. The summed E-state index contributed by atoms with van der Waals surface area (Å²) in [5.74, 6) is 2.38. The molecule has 0 atom stereocenters. The van der Waals surface area contributed by atoms with Gasteiger partial charge < -0.3 is 10.3 Å². The second-order valence-corrected chi connectivity index (χ2v) is 5.59. The van der Waals surface area contributed by atoms with Crippen molar-refractivity contribution in [2.24, 2.45) is 5.73 Å². The average molecular weight is 234 g/mol. The van der Waals surface area contributed by atoms with E-state index >= 15 is 0 Å². The molecular weight excluding hydrogens is 212 g/mol. The largest absolute Gasteiger partial charge is 0.329 e. The third-order valence-corrected chi connectivity index (χ3v) is 4.54. The van der Waals surface area contributed by atoms with Crippen molar-refractivity contribution in [2.75, 3.05) is 6.54 Å². The highest BCUT2D eigenvalue weighted by Gasteiger charge is 2.39. The Balaban J connectivity index is 1.99. The first-order valence-corrected chi connectivity index (χ1v) is 6.98. The van der Waals surface area contributed by atoms with Gasteiger partial charge in [0.25, 0.3) is 0 Å². The number of fused-ring (bicyclic) bond motifs is 1. The maximum atomic E-state index is 6.05. The molecule has 0 radical (unpaired) electrons. The van der Waals surface area contributed by atoms with Gasteiger partial charge in [-0.3, -0.25) is 0 Å². The topological polar surface area (TPSA) is 56.7 Å². The Morgan fingerprint density at radius 2 is 1.88 bits per heavy atom. The lowest BCUT2D eigenvalue weighted by molar-refractivity contribution is 0.398. The Hall–Kier alpha value is -0.900. The minimum absolute atomic E-state index is 0.135. The molecule has 0 bridgehead atoms. The molecule has 1 fully saturated rings. The molecule has 0 saturated heterocycles. The highest BCUT2D eigenvalue weighted by molar-refractivity contribution is 5.14. The molecule has 1 aromatic heterocycles. The fraction of sp³-hybridized carbons (Fsp3) is 0.846. The highest BCUT2D eigenvalue weighted by Crippen LogP contribution is 2.39. The Kier molecular flexibility index (Phi) is 2.90. The van der Waals surface area contributed by atoms with Crippen LogP contribution in [0.15, 0.2) is 0 Å². The standard InChI is InChI=1S/C13H22N4/c14-10-13(7-3-4-8-13)12-16-15-11-6-2-1-5-9-17(11)12/h1-10,14H2. The van der Waals surface area contributed by atoms with Crippen molar-refractivity contribution in [3.63, 3.8) is 0 Å². The molecule has 0 amide bonds. The number of nitrogens with zero attached hydrogens (tertiary/aromatic N) is 3. The van der Waals surface area contributed by atoms with E-state index < -0.39 is 0 Å². The molecule has 17 heavy (non-hydrogen) atoms. The van der Waals surface area contributed by atoms with Crippen LogP contribution >= 0.6 is 0 Å². The van der Waals surface area contributed by atoms with Gasteiger partial charge in [0.2, 0.25) is 0 Å². The minimum Gasteiger partial charge on any atom is -0.329 e. The summed E-state index contributed by atoms with van der Waals surface area (Å²) in [6.45, 7) is 1.82. The van der Waals surface area contributed by atoms with Crippen LogP contribution < -0.4 is 5.73 Å². The fourth-order valence-corrected chi connectivity index (χ4v) is 3.45. The maximum Gasteiger partial charge on any atom is 0.140 e. The van der Waals surface area contributed by atoms with Crippen LogP contribution in [0.1, 0.15) is 56.6 Å². The van der Waals surface area contributed by atoms with Gasteiger partial charge in [0.05, 0.1) is 0 Å². The lowest BCUT2D eigenvalue weighted by Gasteiger charge is -2.26. The summed E-state index contributed by atoms with van der Waals surface area (Å²) in [5, 5.41) is 8.91. The Labute approximate surface area is 103 Å². The van der Waals surface area contributed by atoms with Crippen molar-refractivity contribution in [3.8, 4) is 0 Å². The van der Waals surface area contributed by atoms with Crippen LogP contribution in [0.4, 0.5) is 0 Å². The Bertz CT molecular complexity index is 390. The van der Waals surface area contributed by atoms with Crippen molar-refractivity contribution in [1.82, 2.24) is 14.8 Å². The average Bonchev–Trinajstić information content (AvgIpc) is 2.92. The zero-order valence-corrected chi connectivity index (χ0v) is 10.5. The van der Waals surface area contributed by atoms with E-state index in [2.05, 4.69) is 14.8 Å². The van der Waals surface area contributed by atoms with Crippen LogP contribution in [0.25, 0.3) is 0 Å². The van der Waals surface area contributed by atoms with Crippen molar-refractivity contribution in [1.29, 1.82) is 0 Å². The number of nitrogens with two attached hydrogens (primary N) is 1. The molecule has 4 heteroatoms. The molecule has 1 aliphatic heterocycles. The van der Waals surface area contributed by atoms with Crippen LogP contribution in [-0.4, -0.2) is 21.3 Å². The normalized spacial score (nSPS) is 23.4. The molecule has 4 nitrogen and oxygen atoms in total. The lowest BCUT2D eigenvalue weighted by atomic mass is 9.85. The van der Waals surface area contributed by atoms with Crippen molar-refractivity contribution < 1.29 is 0 Å². The van der Waals surface area contributed by atoms with Crippen LogP contribution in [0, 0.1) is 0 Å². The number of hydrogen-bond donors (Lipinski definition) is 1. The zero-order chi connectivity index (χ0) is 11.7. The second-order valence-electron chi connectivity index (χ2n) is 5.59. The fourth-order valence-electron chi connectivity index (χ4n) is 3.45. The van der Waals surface area contributed by atoms with E-state index in [4.69, 9.17) is 5.73 Å². The van der Waals surface area contributed by atoms with E-state index in [9.17, 15) is 0 Å². The smallest absolute Gasteiger partial charge is 0.140 e. The molecule has 2 heterocycles. The molecule has 2 N–H and O–H groups in total. The van der Waals surface area contributed by atoms with Crippen molar-refractivity contribution in [3.05, 3.63) is 11.6 Å². The van der Waals surface area contributed by atoms with Gasteiger partial charge in [-0.05, 0) is 25.7 Å². The van der Waals surface area contributed by atoms with Gasteiger partial charge in [-0.1, -0.05) is 19.3 Å². The van der Waals surface area contributed by atoms with E-state index in [1.165, 1.54) is 56.6 Å². The summed E-state index contributed by atoms with van der Waals surface area (Å²) in [6, 6.07) is 0. The maximum absolute atomic E-state index is 6.05. The summed E-state index contributed by atoms with van der Waals surface area (Å²) in [4.78, 5) is 0. The molecule has 1 saturated carbocycles. The summed E-state index contributed by atoms with van der Waals surface area (Å²) in [5.41, 5.74) is 6.19. The molecule has 1 aliphatic carbocycles. The SMILES string of the molecule is NCC1(c2nnc3n2CCCCC3)CCCC1. The van der Waals surface area contributed by atoms with Gasteiger partial charge in [0.1, 0.15) is 11.6 Å². The molecule has 0 spiro atoms. The van der Waals surface area contributed by atoms with E-state index in [0.717, 1.165) is 19.5 Å². The number of hydrogen-bond acceptors (Lipinski definition) is 3. The first-order valence-electron chi connectivity index (χ1n) is 6.98. The summed E-state index contributed by atoms with van der Waals surface area (Å²) in [7, 11) is 0. The van der Waals surface area contributed by atoms with Gasteiger partial charge in [-0.15, -0.1) is 10.2 Å². The molecule has 2 aliphatic rings. The molecule has 1 aromatic rings. The van der Waals surface area contributed by atoms with E-state index in [0.29, 0.717) is 0 Å². The summed E-state index contributed by atoms with van der Waals surface area (Å²) >= 11 is 0. The van der Waals surface area contributed by atoms with Gasteiger partial charge in [0, 0.05) is 24.9 Å². The predicted octanol–water partition coefficient (Wildman–Crippen LogP) is 1.77. The first kappa shape index (κ1) is 11.2. The monoisotopic (exact) mass is 234 g/mol. The quantitative estimate of drug-likeness (QED) is 0.848. The number of aromatic nitrogens is 3. The first-order chi connectivity index (χ1) is 8.36. The van der Waals surface area contributed by atoms with Crippen LogP contribution in [0.2, 0.25) is 0 Å². The van der Waals surface area contributed by atoms with Gasteiger partial charge >= 0.3 is 0 Å². The minimum atomic E-state index is 0.135. The zero-order valence-electron chi connectivity index (χ0n) is 10.5. The van der Waals surface area contributed by atoms with Crippen LogP contribution in [0.3, 0.4) is 0 Å². The number of aryl methyl sites for hydroxylation is 1. The van der Waals surface area contributed by atoms with Crippen LogP contribution in [-0.2, 0) is 18.4 Å². The van der Waals surface area contributed by atoms with Crippen molar-refractivity contribution >= 4 is 0 Å². The van der Waals surface area contributed by atoms with Crippen LogP contribution in [0.5, 0.6) is 0 Å². The second kappa shape index (κ2) is 4.41. The van der Waals surface area contributed by atoms with Crippen molar-refractivity contribution in [2.45, 2.75) is 63.3 Å². The van der Waals surface area contributed by atoms with E-state index in [-0.39, 0.29) is 5.41 Å². The molecule has 94 valence electrons. The highest BCUT2D eigenvalue weighted by atomic mass is 15.3.